The van der Waals surface area contributed by atoms with Crippen LogP contribution in [0.2, 0.25) is 5.02 Å². The van der Waals surface area contributed by atoms with Crippen molar-refractivity contribution >= 4 is 23.4 Å². The lowest BCUT2D eigenvalue weighted by molar-refractivity contribution is -0.129. The molecule has 0 unspecified atom stereocenters. The number of carbonyl (C=O) groups excluding carboxylic acids is 2. The molecule has 0 spiro atoms. The van der Waals surface area contributed by atoms with Gasteiger partial charge in [-0.3, -0.25) is 9.59 Å². The number of carbonyl (C=O) groups is 2. The molecule has 6 nitrogen and oxygen atoms in total. The summed E-state index contributed by atoms with van der Waals surface area (Å²) in [6, 6.07) is 12.3. The summed E-state index contributed by atoms with van der Waals surface area (Å²) in [6.07, 6.45) is 0. The number of hydrogen-bond donors (Lipinski definition) is 1. The van der Waals surface area contributed by atoms with E-state index in [2.05, 4.69) is 5.32 Å². The first-order valence-electron chi connectivity index (χ1n) is 8.21. The third-order valence-electron chi connectivity index (χ3n) is 4.01. The summed E-state index contributed by atoms with van der Waals surface area (Å²) in [7, 11) is 0. The zero-order valence-electron chi connectivity index (χ0n) is 14.3. The third kappa shape index (κ3) is 4.46. The summed E-state index contributed by atoms with van der Waals surface area (Å²) < 4.78 is 10.6. The van der Waals surface area contributed by atoms with Crippen molar-refractivity contribution in [1.29, 1.82) is 0 Å². The molecule has 1 heterocycles. The Bertz CT molecular complexity index is 825. The van der Waals surface area contributed by atoms with Crippen LogP contribution in [0.4, 0.5) is 0 Å². The van der Waals surface area contributed by atoms with E-state index in [1.54, 1.807) is 29.2 Å². The van der Waals surface area contributed by atoms with Crippen LogP contribution in [-0.4, -0.2) is 36.6 Å². The molecule has 2 aromatic carbocycles. The van der Waals surface area contributed by atoms with Gasteiger partial charge in [0.2, 0.25) is 12.7 Å². The smallest absolute Gasteiger partial charge is 0.251 e. The third-order valence-corrected chi connectivity index (χ3v) is 4.24. The number of hydrogen-bond acceptors (Lipinski definition) is 4. The van der Waals surface area contributed by atoms with E-state index in [-0.39, 0.29) is 18.6 Å². The van der Waals surface area contributed by atoms with Crippen molar-refractivity contribution in [2.75, 3.05) is 19.9 Å². The molecule has 0 radical (unpaired) electrons. The van der Waals surface area contributed by atoms with Crippen molar-refractivity contribution in [2.24, 2.45) is 0 Å². The highest BCUT2D eigenvalue weighted by Gasteiger charge is 2.16. The second-order valence-electron chi connectivity index (χ2n) is 5.89. The Morgan fingerprint density at radius 2 is 1.96 bits per heavy atom. The Balaban J connectivity index is 1.55. The molecule has 0 atom stereocenters. The minimum atomic E-state index is -0.223. The normalized spacial score (nSPS) is 11.9. The fourth-order valence-electron chi connectivity index (χ4n) is 2.64. The van der Waals surface area contributed by atoms with E-state index in [1.807, 2.05) is 18.2 Å². The summed E-state index contributed by atoms with van der Waals surface area (Å²) in [6.45, 7) is 2.89. The second kappa shape index (κ2) is 8.10. The zero-order valence-corrected chi connectivity index (χ0v) is 15.1. The van der Waals surface area contributed by atoms with Gasteiger partial charge in [0, 0.05) is 37.1 Å². The Labute approximate surface area is 156 Å². The first-order valence-corrected chi connectivity index (χ1v) is 8.58. The van der Waals surface area contributed by atoms with E-state index in [1.165, 1.54) is 6.92 Å². The average molecular weight is 375 g/mol. The number of amides is 2. The standard InChI is InChI=1S/C19H19ClN2O4/c1-13(23)22(11-14-5-6-17-18(9-14)26-12-25-17)8-7-21-19(24)15-3-2-4-16(20)10-15/h2-6,9-10H,7-8,11-12H2,1H3,(H,21,24). The molecular weight excluding hydrogens is 356 g/mol. The predicted molar refractivity (Wildman–Crippen MR) is 97.4 cm³/mol. The number of nitrogens with zero attached hydrogens (tertiary/aromatic N) is 1. The molecule has 3 rings (SSSR count). The summed E-state index contributed by atoms with van der Waals surface area (Å²) in [5, 5.41) is 3.31. The van der Waals surface area contributed by atoms with Gasteiger partial charge in [-0.1, -0.05) is 23.7 Å². The molecule has 1 N–H and O–H groups in total. The maximum atomic E-state index is 12.1. The molecule has 1 aliphatic rings. The van der Waals surface area contributed by atoms with Gasteiger partial charge < -0.3 is 19.7 Å². The fourth-order valence-corrected chi connectivity index (χ4v) is 2.83. The molecule has 0 aromatic heterocycles. The topological polar surface area (TPSA) is 67.9 Å². The molecule has 1 aliphatic heterocycles. The summed E-state index contributed by atoms with van der Waals surface area (Å²) in [5.41, 5.74) is 1.42. The summed E-state index contributed by atoms with van der Waals surface area (Å²) in [4.78, 5) is 25.7. The van der Waals surface area contributed by atoms with Gasteiger partial charge in [0.15, 0.2) is 11.5 Å². The van der Waals surface area contributed by atoms with Gasteiger partial charge in [-0.05, 0) is 35.9 Å². The molecule has 0 aliphatic carbocycles. The van der Waals surface area contributed by atoms with E-state index in [9.17, 15) is 9.59 Å². The van der Waals surface area contributed by atoms with Crippen molar-refractivity contribution in [3.05, 3.63) is 58.6 Å². The van der Waals surface area contributed by atoms with Crippen LogP contribution < -0.4 is 14.8 Å². The van der Waals surface area contributed by atoms with Gasteiger partial charge in [-0.2, -0.15) is 0 Å². The quantitative estimate of drug-likeness (QED) is 0.844. The molecule has 0 saturated carbocycles. The highest BCUT2D eigenvalue weighted by Crippen LogP contribution is 2.32. The van der Waals surface area contributed by atoms with E-state index < -0.39 is 0 Å². The maximum absolute atomic E-state index is 12.1. The van der Waals surface area contributed by atoms with E-state index in [4.69, 9.17) is 21.1 Å². The average Bonchev–Trinajstić information content (AvgIpc) is 3.08. The van der Waals surface area contributed by atoms with E-state index in [0.717, 1.165) is 5.56 Å². The summed E-state index contributed by atoms with van der Waals surface area (Å²) in [5.74, 6) is 1.09. The molecular formula is C19H19ClN2O4. The molecule has 136 valence electrons. The molecule has 2 amide bonds. The zero-order chi connectivity index (χ0) is 18.5. The predicted octanol–water partition coefficient (Wildman–Crippen LogP) is 2.85. The summed E-state index contributed by atoms with van der Waals surface area (Å²) >= 11 is 5.89. The Morgan fingerprint density at radius 3 is 2.73 bits per heavy atom. The number of ether oxygens (including phenoxy) is 2. The van der Waals surface area contributed by atoms with Gasteiger partial charge >= 0.3 is 0 Å². The van der Waals surface area contributed by atoms with Crippen molar-refractivity contribution in [2.45, 2.75) is 13.5 Å². The minimum Gasteiger partial charge on any atom is -0.454 e. The Morgan fingerprint density at radius 1 is 1.15 bits per heavy atom. The molecule has 26 heavy (non-hydrogen) atoms. The lowest BCUT2D eigenvalue weighted by atomic mass is 10.2. The van der Waals surface area contributed by atoms with Crippen LogP contribution in [0.3, 0.4) is 0 Å². The Kier molecular flexibility index (Phi) is 5.63. The lowest BCUT2D eigenvalue weighted by Gasteiger charge is -2.21. The van der Waals surface area contributed by atoms with Crippen LogP contribution in [-0.2, 0) is 11.3 Å². The van der Waals surface area contributed by atoms with Crippen LogP contribution in [0.15, 0.2) is 42.5 Å². The number of benzene rings is 2. The maximum Gasteiger partial charge on any atom is 0.251 e. The van der Waals surface area contributed by atoms with Crippen LogP contribution >= 0.6 is 11.6 Å². The van der Waals surface area contributed by atoms with Crippen LogP contribution in [0.5, 0.6) is 11.5 Å². The minimum absolute atomic E-state index is 0.0697. The highest BCUT2D eigenvalue weighted by molar-refractivity contribution is 6.30. The molecule has 2 aromatic rings. The Hall–Kier alpha value is -2.73. The molecule has 7 heteroatoms. The molecule has 0 fully saturated rings. The number of fused-ring (bicyclic) bond motifs is 1. The van der Waals surface area contributed by atoms with Gasteiger partial charge in [0.05, 0.1) is 0 Å². The molecule has 0 bridgehead atoms. The van der Waals surface area contributed by atoms with Gasteiger partial charge in [0.25, 0.3) is 5.91 Å². The first-order chi connectivity index (χ1) is 12.5. The van der Waals surface area contributed by atoms with Crippen molar-refractivity contribution in [3.8, 4) is 11.5 Å². The van der Waals surface area contributed by atoms with Crippen LogP contribution in [0, 0.1) is 0 Å². The second-order valence-corrected chi connectivity index (χ2v) is 6.33. The van der Waals surface area contributed by atoms with Crippen molar-refractivity contribution in [3.63, 3.8) is 0 Å². The van der Waals surface area contributed by atoms with Crippen LogP contribution in [0.25, 0.3) is 0 Å². The van der Waals surface area contributed by atoms with Gasteiger partial charge in [-0.15, -0.1) is 0 Å². The van der Waals surface area contributed by atoms with Gasteiger partial charge in [0.1, 0.15) is 0 Å². The largest absolute Gasteiger partial charge is 0.454 e. The van der Waals surface area contributed by atoms with E-state index in [0.29, 0.717) is 41.7 Å². The SMILES string of the molecule is CC(=O)N(CCNC(=O)c1cccc(Cl)c1)Cc1ccc2c(c1)OCO2. The fraction of sp³-hybridized carbons (Fsp3) is 0.263. The van der Waals surface area contributed by atoms with Crippen molar-refractivity contribution in [1.82, 2.24) is 10.2 Å². The number of rotatable bonds is 6. The molecule has 0 saturated heterocycles. The van der Waals surface area contributed by atoms with E-state index >= 15 is 0 Å². The first kappa shape index (κ1) is 18.1. The number of nitrogens with one attached hydrogen (secondary N) is 1. The lowest BCUT2D eigenvalue weighted by Crippen LogP contribution is -2.37. The highest BCUT2D eigenvalue weighted by atomic mass is 35.5. The van der Waals surface area contributed by atoms with Crippen LogP contribution in [0.1, 0.15) is 22.8 Å². The number of halogens is 1. The monoisotopic (exact) mass is 374 g/mol. The van der Waals surface area contributed by atoms with Gasteiger partial charge in [-0.25, -0.2) is 0 Å². The van der Waals surface area contributed by atoms with Crippen molar-refractivity contribution < 1.29 is 19.1 Å².